The number of hydrogen-bond acceptors (Lipinski definition) is 4. The zero-order chi connectivity index (χ0) is 13.7. The number of rotatable bonds is 4. The molecule has 0 fully saturated rings. The van der Waals surface area contributed by atoms with Crippen LogP contribution in [0.15, 0.2) is 18.5 Å². The Hall–Kier alpha value is -2.64. The van der Waals surface area contributed by atoms with E-state index < -0.39 is 23.9 Å². The van der Waals surface area contributed by atoms with Crippen molar-refractivity contribution >= 4 is 23.6 Å². The van der Waals surface area contributed by atoms with Crippen LogP contribution < -0.4 is 16.4 Å². The predicted molar refractivity (Wildman–Crippen MR) is 62.0 cm³/mol. The molecule has 1 unspecified atom stereocenters. The van der Waals surface area contributed by atoms with Crippen LogP contribution in [0.25, 0.3) is 0 Å². The summed E-state index contributed by atoms with van der Waals surface area (Å²) in [5, 5.41) is 13.4. The number of aromatic carboxylic acids is 1. The van der Waals surface area contributed by atoms with Crippen molar-refractivity contribution in [3.05, 3.63) is 24.0 Å². The van der Waals surface area contributed by atoms with Gasteiger partial charge in [0.1, 0.15) is 6.04 Å². The summed E-state index contributed by atoms with van der Waals surface area (Å²) in [6.07, 6.45) is 2.50. The Bertz CT molecular complexity index is 489. The first-order valence-electron chi connectivity index (χ1n) is 4.96. The molecular weight excluding hydrogens is 240 g/mol. The highest BCUT2D eigenvalue weighted by Crippen LogP contribution is 2.13. The minimum atomic E-state index is -1.19. The molecule has 0 aromatic carbocycles. The quantitative estimate of drug-likeness (QED) is 0.587. The topological polar surface area (TPSA) is 134 Å². The molecule has 0 aliphatic rings. The van der Waals surface area contributed by atoms with Crippen LogP contribution in [0.2, 0.25) is 0 Å². The second kappa shape index (κ2) is 5.62. The van der Waals surface area contributed by atoms with E-state index in [-0.39, 0.29) is 11.3 Å². The lowest BCUT2D eigenvalue weighted by molar-refractivity contribution is -0.117. The second-order valence-electron chi connectivity index (χ2n) is 3.45. The molecule has 0 saturated heterocycles. The van der Waals surface area contributed by atoms with E-state index in [1.54, 1.807) is 0 Å². The highest BCUT2D eigenvalue weighted by atomic mass is 16.4. The van der Waals surface area contributed by atoms with E-state index in [9.17, 15) is 14.4 Å². The van der Waals surface area contributed by atoms with Crippen molar-refractivity contribution in [1.29, 1.82) is 0 Å². The molecule has 1 heterocycles. The van der Waals surface area contributed by atoms with Gasteiger partial charge in [0.25, 0.3) is 0 Å². The monoisotopic (exact) mass is 252 g/mol. The van der Waals surface area contributed by atoms with Gasteiger partial charge >= 0.3 is 12.0 Å². The van der Waals surface area contributed by atoms with Gasteiger partial charge in [-0.05, 0) is 13.0 Å². The molecule has 8 nitrogen and oxygen atoms in total. The van der Waals surface area contributed by atoms with Gasteiger partial charge < -0.3 is 21.5 Å². The minimum Gasteiger partial charge on any atom is -0.478 e. The molecule has 1 atom stereocenters. The number of pyridine rings is 1. The van der Waals surface area contributed by atoms with Gasteiger partial charge in [-0.3, -0.25) is 9.78 Å². The van der Waals surface area contributed by atoms with Gasteiger partial charge in [0, 0.05) is 6.20 Å². The Balaban J connectivity index is 2.82. The first-order chi connectivity index (χ1) is 8.41. The number of carboxylic acid groups (broad SMARTS) is 1. The van der Waals surface area contributed by atoms with Crippen molar-refractivity contribution in [1.82, 2.24) is 10.3 Å². The zero-order valence-corrected chi connectivity index (χ0v) is 9.51. The van der Waals surface area contributed by atoms with Crippen LogP contribution in [0.5, 0.6) is 0 Å². The summed E-state index contributed by atoms with van der Waals surface area (Å²) in [5.74, 6) is -1.78. The van der Waals surface area contributed by atoms with Crippen LogP contribution in [0.4, 0.5) is 10.5 Å². The number of primary amides is 1. The third-order valence-electron chi connectivity index (χ3n) is 2.06. The van der Waals surface area contributed by atoms with Gasteiger partial charge in [-0.1, -0.05) is 0 Å². The third-order valence-corrected chi connectivity index (χ3v) is 2.06. The molecule has 1 aromatic rings. The summed E-state index contributed by atoms with van der Waals surface area (Å²) in [5.41, 5.74) is 4.82. The van der Waals surface area contributed by atoms with E-state index in [1.807, 2.05) is 0 Å². The number of carbonyl (C=O) groups is 3. The van der Waals surface area contributed by atoms with E-state index in [0.29, 0.717) is 0 Å². The van der Waals surface area contributed by atoms with Gasteiger partial charge in [0.05, 0.1) is 17.4 Å². The number of aromatic nitrogens is 1. The Morgan fingerprint density at radius 2 is 2.11 bits per heavy atom. The fourth-order valence-corrected chi connectivity index (χ4v) is 1.20. The van der Waals surface area contributed by atoms with Crippen molar-refractivity contribution in [2.75, 3.05) is 5.32 Å². The van der Waals surface area contributed by atoms with Gasteiger partial charge in [-0.15, -0.1) is 0 Å². The largest absolute Gasteiger partial charge is 0.478 e. The van der Waals surface area contributed by atoms with E-state index >= 15 is 0 Å². The Morgan fingerprint density at radius 3 is 2.67 bits per heavy atom. The maximum Gasteiger partial charge on any atom is 0.337 e. The average molecular weight is 252 g/mol. The van der Waals surface area contributed by atoms with E-state index in [0.717, 1.165) is 0 Å². The molecule has 5 N–H and O–H groups in total. The number of amides is 3. The first kappa shape index (κ1) is 13.4. The number of nitrogens with zero attached hydrogens (tertiary/aromatic N) is 1. The van der Waals surface area contributed by atoms with Gasteiger partial charge in [0.15, 0.2) is 0 Å². The van der Waals surface area contributed by atoms with Crippen LogP contribution in [0.3, 0.4) is 0 Å². The number of nitrogens with one attached hydrogen (secondary N) is 2. The van der Waals surface area contributed by atoms with E-state index in [2.05, 4.69) is 15.6 Å². The maximum absolute atomic E-state index is 11.6. The van der Waals surface area contributed by atoms with Crippen molar-refractivity contribution < 1.29 is 19.5 Å². The van der Waals surface area contributed by atoms with Crippen LogP contribution in [0.1, 0.15) is 17.3 Å². The summed E-state index contributed by atoms with van der Waals surface area (Å²) < 4.78 is 0. The number of nitrogens with two attached hydrogens (primary N) is 1. The molecule has 3 amide bonds. The van der Waals surface area contributed by atoms with Crippen molar-refractivity contribution in [2.45, 2.75) is 13.0 Å². The molecule has 0 saturated carbocycles. The minimum absolute atomic E-state index is 0.0492. The third kappa shape index (κ3) is 3.44. The number of urea groups is 1. The highest BCUT2D eigenvalue weighted by Gasteiger charge is 2.17. The molecule has 96 valence electrons. The molecular formula is C10H12N4O4. The number of hydrogen-bond donors (Lipinski definition) is 4. The SMILES string of the molecule is CC(NC(N)=O)C(=O)Nc1cnccc1C(=O)O. The normalized spacial score (nSPS) is 11.4. The molecule has 1 aromatic heterocycles. The molecule has 0 aliphatic heterocycles. The van der Waals surface area contributed by atoms with Crippen molar-refractivity contribution in [3.8, 4) is 0 Å². The standard InChI is InChI=1S/C10H12N4O4/c1-5(13-10(11)18)8(15)14-7-4-12-3-2-6(7)9(16)17/h2-5H,1H3,(H,14,15)(H,16,17)(H3,11,13,18). The van der Waals surface area contributed by atoms with Crippen LogP contribution in [0, 0.1) is 0 Å². The lowest BCUT2D eigenvalue weighted by atomic mass is 10.2. The number of carboxylic acids is 1. The van der Waals surface area contributed by atoms with Crippen molar-refractivity contribution in [2.24, 2.45) is 5.73 Å². The summed E-state index contributed by atoms with van der Waals surface area (Å²) in [7, 11) is 0. The van der Waals surface area contributed by atoms with Crippen LogP contribution >= 0.6 is 0 Å². The number of carbonyl (C=O) groups excluding carboxylic acids is 2. The molecule has 0 aliphatic carbocycles. The smallest absolute Gasteiger partial charge is 0.337 e. The first-order valence-corrected chi connectivity index (χ1v) is 4.96. The molecule has 0 spiro atoms. The molecule has 18 heavy (non-hydrogen) atoms. The van der Waals surface area contributed by atoms with Gasteiger partial charge in [-0.2, -0.15) is 0 Å². The molecule has 8 heteroatoms. The van der Waals surface area contributed by atoms with E-state index in [4.69, 9.17) is 10.8 Å². The number of anilines is 1. The van der Waals surface area contributed by atoms with Gasteiger partial charge in [-0.25, -0.2) is 9.59 Å². The van der Waals surface area contributed by atoms with Gasteiger partial charge in [0.2, 0.25) is 5.91 Å². The Labute approximate surface area is 102 Å². The highest BCUT2D eigenvalue weighted by molar-refractivity contribution is 6.02. The fourth-order valence-electron chi connectivity index (χ4n) is 1.20. The van der Waals surface area contributed by atoms with Crippen molar-refractivity contribution in [3.63, 3.8) is 0 Å². The maximum atomic E-state index is 11.6. The second-order valence-corrected chi connectivity index (χ2v) is 3.45. The van der Waals surface area contributed by atoms with E-state index in [1.165, 1.54) is 25.4 Å². The Kier molecular flexibility index (Phi) is 4.19. The summed E-state index contributed by atoms with van der Waals surface area (Å²) >= 11 is 0. The molecule has 0 bridgehead atoms. The summed E-state index contributed by atoms with van der Waals surface area (Å²) in [6.45, 7) is 1.41. The van der Waals surface area contributed by atoms with Crippen LogP contribution in [-0.2, 0) is 4.79 Å². The zero-order valence-electron chi connectivity index (χ0n) is 9.51. The molecule has 1 rings (SSSR count). The fraction of sp³-hybridized carbons (Fsp3) is 0.200. The average Bonchev–Trinajstić information content (AvgIpc) is 2.28. The predicted octanol–water partition coefficient (Wildman–Crippen LogP) is -0.225. The lowest BCUT2D eigenvalue weighted by Gasteiger charge is -2.13. The van der Waals surface area contributed by atoms with Crippen LogP contribution in [-0.4, -0.2) is 34.0 Å². The lowest BCUT2D eigenvalue weighted by Crippen LogP contribution is -2.44. The Morgan fingerprint density at radius 1 is 1.44 bits per heavy atom. The molecule has 0 radical (unpaired) electrons. The summed E-state index contributed by atoms with van der Waals surface area (Å²) in [4.78, 5) is 36.8. The summed E-state index contributed by atoms with van der Waals surface area (Å²) in [6, 6.07) is -0.476.